The first kappa shape index (κ1) is 20.1. The van der Waals surface area contributed by atoms with Crippen LogP contribution in [0.25, 0.3) is 5.65 Å². The van der Waals surface area contributed by atoms with E-state index in [0.29, 0.717) is 11.4 Å². The van der Waals surface area contributed by atoms with Crippen molar-refractivity contribution < 1.29 is 18.7 Å². The average Bonchev–Trinajstić information content (AvgIpc) is 3.05. The number of nitrogens with zero attached hydrogens (tertiary/aromatic N) is 4. The van der Waals surface area contributed by atoms with Crippen LogP contribution in [0.5, 0.6) is 17.4 Å². The van der Waals surface area contributed by atoms with E-state index in [0.717, 1.165) is 10.2 Å². The molecule has 0 bridgehead atoms. The van der Waals surface area contributed by atoms with Crippen molar-refractivity contribution in [2.75, 3.05) is 12.4 Å². The summed E-state index contributed by atoms with van der Waals surface area (Å²) in [5, 5.41) is 6.89. The minimum atomic E-state index is -0.548. The summed E-state index contributed by atoms with van der Waals surface area (Å²) in [6, 6.07) is 10.9. The van der Waals surface area contributed by atoms with Crippen molar-refractivity contribution in [2.45, 2.75) is 13.5 Å². The number of nitrogens with one attached hydrogen (secondary N) is 1. The van der Waals surface area contributed by atoms with Gasteiger partial charge in [-0.05, 0) is 36.8 Å². The molecule has 4 aromatic rings. The van der Waals surface area contributed by atoms with Gasteiger partial charge in [0.15, 0.2) is 0 Å². The van der Waals surface area contributed by atoms with Crippen LogP contribution in [0.3, 0.4) is 0 Å². The molecule has 2 heterocycles. The van der Waals surface area contributed by atoms with E-state index in [4.69, 9.17) is 9.47 Å². The zero-order valence-electron chi connectivity index (χ0n) is 16.7. The van der Waals surface area contributed by atoms with Crippen LogP contribution in [0.15, 0.2) is 59.7 Å². The first-order valence-electron chi connectivity index (χ1n) is 9.26. The number of aryl methyl sites for hydroxylation is 1. The Kier molecular flexibility index (Phi) is 5.35. The van der Waals surface area contributed by atoms with Gasteiger partial charge in [0.25, 0.3) is 5.88 Å². The highest BCUT2D eigenvalue weighted by molar-refractivity contribution is 5.92. The number of methoxy groups -OCH3 is 1. The highest BCUT2D eigenvalue weighted by Gasteiger charge is 2.16. The quantitative estimate of drug-likeness (QED) is 0.512. The Balaban J connectivity index is 1.60. The number of anilines is 1. The molecule has 0 spiro atoms. The fraction of sp³-hybridized carbons (Fsp3) is 0.143. The molecule has 0 saturated carbocycles. The summed E-state index contributed by atoms with van der Waals surface area (Å²) in [7, 11) is 1.50. The van der Waals surface area contributed by atoms with Crippen LogP contribution >= 0.6 is 0 Å². The number of rotatable bonds is 6. The number of carbonyl (C=O) groups excluding carboxylic acids is 1. The van der Waals surface area contributed by atoms with Gasteiger partial charge in [-0.15, -0.1) is 5.10 Å². The monoisotopic (exact) mass is 423 g/mol. The van der Waals surface area contributed by atoms with Crippen LogP contribution in [-0.2, 0) is 11.3 Å². The first-order chi connectivity index (χ1) is 14.9. The second kappa shape index (κ2) is 8.27. The summed E-state index contributed by atoms with van der Waals surface area (Å²) in [4.78, 5) is 29.3. The van der Waals surface area contributed by atoms with Crippen molar-refractivity contribution in [3.63, 3.8) is 0 Å². The lowest BCUT2D eigenvalue weighted by molar-refractivity contribution is -0.117. The highest BCUT2D eigenvalue weighted by atomic mass is 19.1. The Bertz CT molecular complexity index is 1330. The summed E-state index contributed by atoms with van der Waals surface area (Å²) < 4.78 is 26.4. The fourth-order valence-electron chi connectivity index (χ4n) is 2.99. The van der Waals surface area contributed by atoms with Crippen molar-refractivity contribution in [3.05, 3.63) is 76.7 Å². The highest BCUT2D eigenvalue weighted by Crippen LogP contribution is 2.25. The van der Waals surface area contributed by atoms with E-state index in [-0.39, 0.29) is 23.8 Å². The van der Waals surface area contributed by atoms with Gasteiger partial charge in [-0.1, -0.05) is 12.1 Å². The second-order valence-corrected chi connectivity index (χ2v) is 6.68. The number of amides is 1. The van der Waals surface area contributed by atoms with E-state index in [1.807, 2.05) is 13.0 Å². The van der Waals surface area contributed by atoms with Crippen molar-refractivity contribution in [2.24, 2.45) is 0 Å². The molecule has 0 aliphatic carbocycles. The van der Waals surface area contributed by atoms with Gasteiger partial charge >= 0.3 is 5.69 Å². The van der Waals surface area contributed by atoms with Crippen molar-refractivity contribution in [1.82, 2.24) is 19.2 Å². The van der Waals surface area contributed by atoms with Crippen molar-refractivity contribution in [1.29, 1.82) is 0 Å². The normalized spacial score (nSPS) is 10.8. The molecule has 158 valence electrons. The molecule has 0 fully saturated rings. The molecule has 10 heteroatoms. The molecule has 1 N–H and O–H groups in total. The molecule has 0 saturated heterocycles. The van der Waals surface area contributed by atoms with Crippen LogP contribution in [-0.4, -0.2) is 32.2 Å². The molecule has 0 atom stereocenters. The lowest BCUT2D eigenvalue weighted by Gasteiger charge is -2.10. The number of fused-ring (bicyclic) bond motifs is 1. The Morgan fingerprint density at radius 3 is 2.84 bits per heavy atom. The van der Waals surface area contributed by atoms with Gasteiger partial charge in [0.2, 0.25) is 11.6 Å². The van der Waals surface area contributed by atoms with Crippen molar-refractivity contribution in [3.8, 4) is 17.4 Å². The third-order valence-electron chi connectivity index (χ3n) is 4.40. The number of ether oxygens (including phenoxy) is 2. The van der Waals surface area contributed by atoms with Crippen molar-refractivity contribution >= 4 is 17.2 Å². The maximum Gasteiger partial charge on any atom is 0.351 e. The molecule has 2 aromatic heterocycles. The summed E-state index contributed by atoms with van der Waals surface area (Å²) in [6.45, 7) is 1.55. The van der Waals surface area contributed by atoms with Crippen LogP contribution in [0.1, 0.15) is 5.56 Å². The van der Waals surface area contributed by atoms with E-state index in [1.165, 1.54) is 42.1 Å². The van der Waals surface area contributed by atoms with Gasteiger partial charge in [-0.2, -0.15) is 0 Å². The molecule has 9 nitrogen and oxygen atoms in total. The van der Waals surface area contributed by atoms with Crippen LogP contribution in [0.4, 0.5) is 10.1 Å². The molecule has 0 radical (unpaired) electrons. The van der Waals surface area contributed by atoms with Gasteiger partial charge in [0, 0.05) is 18.5 Å². The summed E-state index contributed by atoms with van der Waals surface area (Å²) in [6.07, 6.45) is 2.76. The van der Waals surface area contributed by atoms with E-state index in [9.17, 15) is 14.0 Å². The molecule has 0 aliphatic heterocycles. The zero-order chi connectivity index (χ0) is 22.0. The lowest BCUT2D eigenvalue weighted by atomic mass is 10.2. The maximum absolute atomic E-state index is 13.4. The number of benzene rings is 2. The van der Waals surface area contributed by atoms with Gasteiger partial charge in [0.1, 0.15) is 23.9 Å². The van der Waals surface area contributed by atoms with E-state index in [2.05, 4.69) is 15.4 Å². The van der Waals surface area contributed by atoms with Crippen LogP contribution in [0, 0.1) is 12.7 Å². The molecule has 2 aromatic carbocycles. The summed E-state index contributed by atoms with van der Waals surface area (Å²) in [5.74, 6) is -0.238. The predicted molar refractivity (Wildman–Crippen MR) is 110 cm³/mol. The number of hydrogen-bond acceptors (Lipinski definition) is 6. The summed E-state index contributed by atoms with van der Waals surface area (Å²) in [5.41, 5.74) is 0.970. The van der Waals surface area contributed by atoms with E-state index >= 15 is 0 Å². The molecule has 31 heavy (non-hydrogen) atoms. The zero-order valence-corrected chi connectivity index (χ0v) is 16.7. The number of carbonyl (C=O) groups is 1. The molecular weight excluding hydrogens is 405 g/mol. The van der Waals surface area contributed by atoms with Crippen LogP contribution in [0.2, 0.25) is 0 Å². The largest absolute Gasteiger partial charge is 0.495 e. The van der Waals surface area contributed by atoms with Crippen LogP contribution < -0.4 is 20.5 Å². The lowest BCUT2D eigenvalue weighted by Crippen LogP contribution is -2.28. The maximum atomic E-state index is 13.4. The molecule has 0 aliphatic rings. The minimum absolute atomic E-state index is 0.00436. The number of aromatic nitrogens is 4. The Morgan fingerprint density at radius 2 is 2.06 bits per heavy atom. The van der Waals surface area contributed by atoms with E-state index in [1.54, 1.807) is 18.2 Å². The van der Waals surface area contributed by atoms with Gasteiger partial charge < -0.3 is 14.8 Å². The smallest absolute Gasteiger partial charge is 0.351 e. The second-order valence-electron chi connectivity index (χ2n) is 6.68. The van der Waals surface area contributed by atoms with E-state index < -0.39 is 17.4 Å². The average molecular weight is 423 g/mol. The Morgan fingerprint density at radius 1 is 1.23 bits per heavy atom. The summed E-state index contributed by atoms with van der Waals surface area (Å²) >= 11 is 0. The van der Waals surface area contributed by atoms with Gasteiger partial charge in [-0.25, -0.2) is 23.3 Å². The predicted octanol–water partition coefficient (Wildman–Crippen LogP) is 2.78. The first-order valence-corrected chi connectivity index (χ1v) is 9.26. The molecular formula is C21H18FN5O4. The number of halogens is 1. The fourth-order valence-corrected chi connectivity index (χ4v) is 2.99. The molecule has 0 unspecified atom stereocenters. The number of hydrogen-bond donors (Lipinski definition) is 1. The SMILES string of the molecule is COc1ccc(C)cc1NC(=O)Cn1nc2c(Oc3cccc(F)c3)nccn2c1=O. The Hall–Kier alpha value is -4.21. The Labute approximate surface area is 175 Å². The molecule has 1 amide bonds. The van der Waals surface area contributed by atoms with Gasteiger partial charge in [0.05, 0.1) is 12.8 Å². The third kappa shape index (κ3) is 4.22. The topological polar surface area (TPSA) is 99.8 Å². The van der Waals surface area contributed by atoms with Gasteiger partial charge in [-0.3, -0.25) is 4.79 Å². The third-order valence-corrected chi connectivity index (χ3v) is 4.40. The molecule has 4 rings (SSSR count). The minimum Gasteiger partial charge on any atom is -0.495 e. The standard InChI is InChI=1S/C21H18FN5O4/c1-13-6-7-17(30-2)16(10-13)24-18(28)12-27-21(29)26-9-8-23-20(19(26)25-27)31-15-5-3-4-14(22)11-15/h3-11H,12H2,1-2H3,(H,24,28).